The Hall–Kier alpha value is -5.85. The third-order valence-corrected chi connectivity index (χ3v) is 12.1. The van der Waals surface area contributed by atoms with Gasteiger partial charge in [-0.15, -0.1) is 0 Å². The Labute approximate surface area is 356 Å². The highest BCUT2D eigenvalue weighted by molar-refractivity contribution is 8.76. The van der Waals surface area contributed by atoms with Crippen molar-refractivity contribution >= 4 is 85.7 Å². The number of amides is 4. The molecule has 0 radical (unpaired) electrons. The van der Waals surface area contributed by atoms with Gasteiger partial charge in [-0.05, 0) is 36.1 Å². The molecule has 2 aromatic heterocycles. The van der Waals surface area contributed by atoms with Gasteiger partial charge in [0.2, 0.25) is 23.7 Å². The van der Waals surface area contributed by atoms with Crippen molar-refractivity contribution in [2.75, 3.05) is 43.3 Å². The number of nitrogen functional groups attached to an aromatic ring is 1. The molecule has 0 aliphatic carbocycles. The van der Waals surface area contributed by atoms with Gasteiger partial charge in [0.15, 0.2) is 17.5 Å². The van der Waals surface area contributed by atoms with Gasteiger partial charge >= 0.3 is 11.9 Å². The molecule has 4 amide bonds. The molecule has 0 bridgehead atoms. The van der Waals surface area contributed by atoms with Crippen LogP contribution in [0.25, 0.3) is 11.2 Å². The van der Waals surface area contributed by atoms with Crippen LogP contribution in [0.4, 0.5) is 11.6 Å². The summed E-state index contributed by atoms with van der Waals surface area (Å²) < 4.78 is 11.5. The van der Waals surface area contributed by atoms with Gasteiger partial charge in [-0.2, -0.15) is 4.98 Å². The van der Waals surface area contributed by atoms with E-state index in [1.54, 1.807) is 14.0 Å². The zero-order valence-electron chi connectivity index (χ0n) is 33.6. The fourth-order valence-corrected chi connectivity index (χ4v) is 8.15. The van der Waals surface area contributed by atoms with E-state index in [0.717, 1.165) is 0 Å². The van der Waals surface area contributed by atoms with Gasteiger partial charge in [-0.25, -0.2) is 19.6 Å². The van der Waals surface area contributed by atoms with Crippen molar-refractivity contribution in [3.8, 4) is 0 Å². The molecule has 1 fully saturated rings. The number of hydrogen-bond acceptors (Lipinski definition) is 17. The topological polar surface area (TPSA) is 336 Å². The number of nitrogens with zero attached hydrogens (tertiary/aromatic N) is 3. The van der Waals surface area contributed by atoms with Crippen molar-refractivity contribution in [1.82, 2.24) is 41.2 Å². The van der Waals surface area contributed by atoms with Crippen molar-refractivity contribution in [1.29, 1.82) is 0 Å². The van der Waals surface area contributed by atoms with Crippen LogP contribution in [0, 0.1) is 17.8 Å². The number of fused-ring (bicyclic) bond motifs is 1. The van der Waals surface area contributed by atoms with E-state index in [0.29, 0.717) is 17.1 Å². The van der Waals surface area contributed by atoms with E-state index < -0.39 is 78.6 Å². The van der Waals surface area contributed by atoms with Crippen LogP contribution in [0.5, 0.6) is 0 Å². The van der Waals surface area contributed by atoms with Crippen molar-refractivity contribution in [3.63, 3.8) is 0 Å². The Balaban J connectivity index is 1.25. The summed E-state index contributed by atoms with van der Waals surface area (Å²) in [6.45, 7) is 3.18. The molecule has 1 aliphatic rings. The van der Waals surface area contributed by atoms with Crippen LogP contribution in [0.2, 0.25) is 0 Å². The molecule has 22 nitrogen and oxygen atoms in total. The first-order chi connectivity index (χ1) is 29.0. The van der Waals surface area contributed by atoms with Crippen molar-refractivity contribution in [2.45, 2.75) is 64.1 Å². The number of carbonyl (C=O) groups excluding carboxylic acids is 5. The third-order valence-electron chi connectivity index (χ3n) is 9.80. The monoisotopic (exact) mass is 888 g/mol. The molecule has 1 aromatic carbocycles. The molecular weight excluding hydrogens is 841 g/mol. The number of methoxy groups -OCH3 is 1. The molecule has 0 saturated carbocycles. The zero-order valence-corrected chi connectivity index (χ0v) is 35.2. The quantitative estimate of drug-likeness (QED) is 0.0470. The lowest BCUT2D eigenvalue weighted by molar-refractivity contribution is -0.238. The number of H-pyrrole nitrogens is 1. The van der Waals surface area contributed by atoms with Crippen LogP contribution in [0.15, 0.2) is 35.3 Å². The van der Waals surface area contributed by atoms with E-state index in [4.69, 9.17) is 15.2 Å². The van der Waals surface area contributed by atoms with E-state index in [1.165, 1.54) is 59.2 Å². The lowest BCUT2D eigenvalue weighted by atomic mass is 9.75. The SMILES string of the molecule is CNC(=O)CSSCCC(=O)CC1[C@H](OC)OC(C(=O)NC[C@H](NC(=O)C[C@H](NC(=O)c2ccc(NCc3cnc4nc(N)[nH]c(=O)c4n3)cc2)C(=O)O)C(=O)O)[C@@H](C)[C@@H]1C. The second kappa shape index (κ2) is 22.7. The minimum Gasteiger partial charge on any atom is -0.480 e. The summed E-state index contributed by atoms with van der Waals surface area (Å²) in [5.41, 5.74) is 6.06. The Morgan fingerprint density at radius 3 is 2.33 bits per heavy atom. The van der Waals surface area contributed by atoms with Crippen LogP contribution < -0.4 is 37.9 Å². The van der Waals surface area contributed by atoms with Crippen molar-refractivity contribution in [2.24, 2.45) is 17.8 Å². The predicted octanol–water partition coefficient (Wildman–Crippen LogP) is -0.0975. The maximum absolute atomic E-state index is 13.3. The lowest BCUT2D eigenvalue weighted by Gasteiger charge is -2.43. The number of carbonyl (C=O) groups is 7. The van der Waals surface area contributed by atoms with Crippen LogP contribution in [0.1, 0.15) is 49.2 Å². The fourth-order valence-electron chi connectivity index (χ4n) is 6.21. The van der Waals surface area contributed by atoms with E-state index in [-0.39, 0.29) is 71.3 Å². The first kappa shape index (κ1) is 47.8. The highest BCUT2D eigenvalue weighted by atomic mass is 33.1. The molecule has 1 aliphatic heterocycles. The Morgan fingerprint density at radius 1 is 0.967 bits per heavy atom. The van der Waals surface area contributed by atoms with Gasteiger partial charge in [0.1, 0.15) is 24.0 Å². The third kappa shape index (κ3) is 13.8. The number of aliphatic carboxylic acids is 2. The number of rotatable bonds is 22. The van der Waals surface area contributed by atoms with Crippen LogP contribution in [0.3, 0.4) is 0 Å². The number of carboxylic acid groups (broad SMARTS) is 2. The summed E-state index contributed by atoms with van der Waals surface area (Å²) in [5.74, 6) is -6.11. The highest BCUT2D eigenvalue weighted by Crippen LogP contribution is 2.38. The molecule has 3 aromatic rings. The molecule has 24 heteroatoms. The van der Waals surface area contributed by atoms with Gasteiger partial charge < -0.3 is 52.0 Å². The Bertz CT molecular complexity index is 2140. The summed E-state index contributed by atoms with van der Waals surface area (Å²) in [6, 6.07) is 2.44. The average molecular weight is 889 g/mol. The Morgan fingerprint density at radius 2 is 1.67 bits per heavy atom. The number of nitrogens with two attached hydrogens (primary N) is 1. The number of nitrogens with one attached hydrogen (secondary N) is 6. The summed E-state index contributed by atoms with van der Waals surface area (Å²) in [7, 11) is 5.69. The van der Waals surface area contributed by atoms with Crippen LogP contribution in [-0.4, -0.2) is 128 Å². The number of hydrogen-bond donors (Lipinski definition) is 9. The number of aromatic amines is 1. The fraction of sp³-hybridized carbons (Fsp3) is 0.486. The van der Waals surface area contributed by atoms with Gasteiger partial charge in [-0.3, -0.25) is 33.8 Å². The number of ether oxygens (including phenoxy) is 2. The number of aromatic nitrogens is 4. The molecule has 330 valence electrons. The van der Waals surface area contributed by atoms with Crippen LogP contribution in [-0.2, 0) is 44.8 Å². The van der Waals surface area contributed by atoms with Crippen LogP contribution >= 0.6 is 21.6 Å². The van der Waals surface area contributed by atoms with E-state index in [2.05, 4.69) is 46.5 Å². The number of benzene rings is 1. The Kier molecular flexibility index (Phi) is 17.8. The number of anilines is 2. The second-order valence-corrected chi connectivity index (χ2v) is 16.6. The van der Waals surface area contributed by atoms with Gasteiger partial charge in [0, 0.05) is 56.5 Å². The van der Waals surface area contributed by atoms with Crippen molar-refractivity contribution < 1.29 is 53.2 Å². The van der Waals surface area contributed by atoms with Crippen molar-refractivity contribution in [3.05, 3.63) is 52.1 Å². The molecule has 0 spiro atoms. The molecular formula is C37H48N10O12S2. The summed E-state index contributed by atoms with van der Waals surface area (Å²) >= 11 is 0. The summed E-state index contributed by atoms with van der Waals surface area (Å²) in [5, 5.41) is 32.0. The lowest BCUT2D eigenvalue weighted by Crippen LogP contribution is -2.56. The molecule has 61 heavy (non-hydrogen) atoms. The number of carboxylic acids is 2. The average Bonchev–Trinajstić information content (AvgIpc) is 3.22. The summed E-state index contributed by atoms with van der Waals surface area (Å²) in [4.78, 5) is 114. The predicted molar refractivity (Wildman–Crippen MR) is 223 cm³/mol. The maximum atomic E-state index is 13.3. The molecule has 7 atom stereocenters. The van der Waals surface area contributed by atoms with Gasteiger partial charge in [0.05, 0.1) is 30.6 Å². The molecule has 10 N–H and O–H groups in total. The number of ketones is 1. The normalized spacial score (nSPS) is 19.5. The number of Topliss-reactive ketones (excluding diaryl/α,β-unsaturated/α-hetero) is 1. The second-order valence-electron chi connectivity index (χ2n) is 14.0. The molecule has 3 heterocycles. The van der Waals surface area contributed by atoms with E-state index in [9.17, 15) is 48.6 Å². The minimum absolute atomic E-state index is 0.00289. The smallest absolute Gasteiger partial charge is 0.328 e. The first-order valence-corrected chi connectivity index (χ1v) is 21.3. The standard InChI is InChI=1S/C37H48N10O12S2/c1-17-18(2)29(59-36(58-4)23(17)11-22(48)9-10-60-61-16-27(50)39-3)33(53)42-15-25(35(56)57)44-26(49)12-24(34(54)55)45-31(51)19-5-7-20(8-6-19)40-13-21-14-41-30-28(43-21)32(52)47-37(38)46-30/h5-8,14,17-18,23-25,29,36,40H,9-13,15-16H2,1-4H3,(H,39,50)(H,42,53)(H,44,49)(H,45,51)(H,54,55)(H,56,57)(H3,38,41,46,47,52)/t17-,18-,23?,24-,25-,29?,36+/m0/s1. The largest absolute Gasteiger partial charge is 0.480 e. The minimum atomic E-state index is -1.75. The first-order valence-electron chi connectivity index (χ1n) is 18.8. The van der Waals surface area contributed by atoms with Gasteiger partial charge in [0.25, 0.3) is 11.5 Å². The molecule has 1 saturated heterocycles. The van der Waals surface area contributed by atoms with Gasteiger partial charge in [-0.1, -0.05) is 35.4 Å². The highest BCUT2D eigenvalue weighted by Gasteiger charge is 2.45. The maximum Gasteiger partial charge on any atom is 0.328 e. The van der Waals surface area contributed by atoms with E-state index in [1.807, 2.05) is 6.92 Å². The molecule has 2 unspecified atom stereocenters. The molecule has 4 rings (SSSR count). The zero-order chi connectivity index (χ0) is 44.8. The van der Waals surface area contributed by atoms with E-state index >= 15 is 0 Å². The summed E-state index contributed by atoms with van der Waals surface area (Å²) in [6.07, 6.45) is -1.02.